The number of sulfone groups is 1. The van der Waals surface area contributed by atoms with Crippen molar-refractivity contribution >= 4 is 25.8 Å². The topological polar surface area (TPSA) is 60.2 Å². The predicted octanol–water partition coefficient (Wildman–Crippen LogP) is 2.90. The first-order valence-electron chi connectivity index (χ1n) is 5.30. The molecule has 0 aliphatic heterocycles. The van der Waals surface area contributed by atoms with E-state index in [2.05, 4.69) is 15.9 Å². The average Bonchev–Trinajstić information content (AvgIpc) is 2.24. The van der Waals surface area contributed by atoms with Crippen LogP contribution in [0.5, 0.6) is 0 Å². The Bertz CT molecular complexity index is 558. The molecule has 0 radical (unpaired) electrons. The lowest BCUT2D eigenvalue weighted by atomic mass is 10.0. The third kappa shape index (κ3) is 5.12. The van der Waals surface area contributed by atoms with Gasteiger partial charge in [0.1, 0.15) is 9.84 Å². The smallest absolute Gasteiger partial charge is 0.324 e. The minimum atomic E-state index is -4.48. The fourth-order valence-electron chi connectivity index (χ4n) is 1.50. The molecule has 0 saturated heterocycles. The van der Waals surface area contributed by atoms with Crippen LogP contribution in [0.15, 0.2) is 22.7 Å². The number of hydrogen-bond donors (Lipinski definition) is 1. The van der Waals surface area contributed by atoms with Crippen LogP contribution < -0.4 is 5.73 Å². The monoisotopic (exact) mass is 359 g/mol. The minimum Gasteiger partial charge on any atom is -0.324 e. The Balaban J connectivity index is 2.96. The number of benzene rings is 1. The zero-order valence-electron chi connectivity index (χ0n) is 10.0. The molecule has 1 rings (SSSR count). The van der Waals surface area contributed by atoms with Gasteiger partial charge in [-0.25, -0.2) is 8.42 Å². The second kappa shape index (κ2) is 5.80. The maximum Gasteiger partial charge on any atom is 0.417 e. The molecule has 108 valence electrons. The van der Waals surface area contributed by atoms with Gasteiger partial charge in [-0.1, -0.05) is 22.0 Å². The normalized spacial score (nSPS) is 14.4. The van der Waals surface area contributed by atoms with E-state index >= 15 is 0 Å². The summed E-state index contributed by atoms with van der Waals surface area (Å²) in [6, 6.07) is 2.91. The van der Waals surface area contributed by atoms with E-state index in [9.17, 15) is 21.6 Å². The number of halogens is 4. The maximum absolute atomic E-state index is 12.7. The highest BCUT2D eigenvalue weighted by molar-refractivity contribution is 9.10. The van der Waals surface area contributed by atoms with E-state index in [4.69, 9.17) is 5.73 Å². The summed E-state index contributed by atoms with van der Waals surface area (Å²) in [6.07, 6.45) is -3.34. The zero-order valence-corrected chi connectivity index (χ0v) is 12.4. The highest BCUT2D eigenvalue weighted by atomic mass is 79.9. The fourth-order valence-corrected chi connectivity index (χ4v) is 2.65. The summed E-state index contributed by atoms with van der Waals surface area (Å²) in [4.78, 5) is 0. The molecule has 0 amide bonds. The van der Waals surface area contributed by atoms with Crippen molar-refractivity contribution < 1.29 is 21.6 Å². The van der Waals surface area contributed by atoms with Crippen LogP contribution in [0, 0.1) is 0 Å². The molecule has 1 aromatic rings. The van der Waals surface area contributed by atoms with Crippen LogP contribution in [0.4, 0.5) is 13.2 Å². The number of alkyl halides is 3. The van der Waals surface area contributed by atoms with Crippen molar-refractivity contribution in [1.29, 1.82) is 0 Å². The fraction of sp³-hybridized carbons (Fsp3) is 0.455. The summed E-state index contributed by atoms with van der Waals surface area (Å²) in [7, 11) is -3.19. The first kappa shape index (κ1) is 16.5. The van der Waals surface area contributed by atoms with Crippen LogP contribution in [-0.2, 0) is 16.0 Å². The van der Waals surface area contributed by atoms with Crippen molar-refractivity contribution in [2.24, 2.45) is 5.73 Å². The van der Waals surface area contributed by atoms with E-state index < -0.39 is 27.6 Å². The van der Waals surface area contributed by atoms with Crippen molar-refractivity contribution in [1.82, 2.24) is 0 Å². The first-order chi connectivity index (χ1) is 8.50. The van der Waals surface area contributed by atoms with Gasteiger partial charge in [-0.2, -0.15) is 13.2 Å². The van der Waals surface area contributed by atoms with Gasteiger partial charge in [-0.15, -0.1) is 0 Å². The molecular formula is C11H13BrF3NO2S. The SMILES string of the molecule is CS(=O)(=O)CCC(N)c1ccc(Br)c(C(F)(F)F)c1. The Kier molecular flexibility index (Phi) is 5.02. The quantitative estimate of drug-likeness (QED) is 0.898. The van der Waals surface area contributed by atoms with Crippen LogP contribution in [-0.4, -0.2) is 20.4 Å². The lowest BCUT2D eigenvalue weighted by Crippen LogP contribution is -2.17. The molecule has 0 aliphatic carbocycles. The van der Waals surface area contributed by atoms with Crippen LogP contribution >= 0.6 is 15.9 Å². The van der Waals surface area contributed by atoms with Gasteiger partial charge in [0.2, 0.25) is 0 Å². The van der Waals surface area contributed by atoms with Gasteiger partial charge in [0, 0.05) is 16.8 Å². The van der Waals surface area contributed by atoms with Crippen LogP contribution in [0.2, 0.25) is 0 Å². The van der Waals surface area contributed by atoms with Gasteiger partial charge in [0.05, 0.1) is 11.3 Å². The maximum atomic E-state index is 12.7. The summed E-state index contributed by atoms with van der Waals surface area (Å²) in [5.74, 6) is -0.161. The first-order valence-corrected chi connectivity index (χ1v) is 8.16. The Hall–Kier alpha value is -0.600. The second-order valence-electron chi connectivity index (χ2n) is 4.26. The molecule has 19 heavy (non-hydrogen) atoms. The lowest BCUT2D eigenvalue weighted by molar-refractivity contribution is -0.138. The summed E-state index contributed by atoms with van der Waals surface area (Å²) in [5.41, 5.74) is 5.16. The van der Waals surface area contributed by atoms with Gasteiger partial charge >= 0.3 is 6.18 Å². The molecule has 3 nitrogen and oxygen atoms in total. The molecule has 0 fully saturated rings. The van der Waals surface area contributed by atoms with E-state index in [1.807, 2.05) is 0 Å². The van der Waals surface area contributed by atoms with E-state index in [1.165, 1.54) is 12.1 Å². The second-order valence-corrected chi connectivity index (χ2v) is 7.38. The summed E-state index contributed by atoms with van der Waals surface area (Å²) < 4.78 is 60.0. The Labute approximate surface area is 118 Å². The highest BCUT2D eigenvalue weighted by Gasteiger charge is 2.33. The van der Waals surface area contributed by atoms with Gasteiger partial charge < -0.3 is 5.73 Å². The molecule has 8 heteroatoms. The Morgan fingerprint density at radius 3 is 2.42 bits per heavy atom. The van der Waals surface area contributed by atoms with Crippen molar-refractivity contribution in [3.8, 4) is 0 Å². The Morgan fingerprint density at radius 1 is 1.37 bits per heavy atom. The molecule has 0 spiro atoms. The van der Waals surface area contributed by atoms with E-state index in [1.54, 1.807) is 0 Å². The van der Waals surface area contributed by atoms with Crippen molar-refractivity contribution in [3.05, 3.63) is 33.8 Å². The van der Waals surface area contributed by atoms with Crippen molar-refractivity contribution in [2.45, 2.75) is 18.6 Å². The third-order valence-corrected chi connectivity index (χ3v) is 4.19. The molecule has 1 atom stereocenters. The number of hydrogen-bond acceptors (Lipinski definition) is 3. The van der Waals surface area contributed by atoms with E-state index in [0.717, 1.165) is 12.3 Å². The molecule has 0 aliphatic rings. The Morgan fingerprint density at radius 2 is 1.95 bits per heavy atom. The molecule has 0 bridgehead atoms. The lowest BCUT2D eigenvalue weighted by Gasteiger charge is -2.15. The molecular weight excluding hydrogens is 347 g/mol. The summed E-state index contributed by atoms with van der Waals surface area (Å²) >= 11 is 2.83. The van der Waals surface area contributed by atoms with Crippen molar-refractivity contribution in [2.75, 3.05) is 12.0 Å². The van der Waals surface area contributed by atoms with E-state index in [-0.39, 0.29) is 22.2 Å². The van der Waals surface area contributed by atoms with E-state index in [0.29, 0.717) is 0 Å². The molecule has 0 heterocycles. The van der Waals surface area contributed by atoms with Crippen molar-refractivity contribution in [3.63, 3.8) is 0 Å². The third-order valence-electron chi connectivity index (χ3n) is 2.52. The molecule has 0 saturated carbocycles. The molecule has 0 aromatic heterocycles. The van der Waals surface area contributed by atoms with Gasteiger partial charge in [-0.05, 0) is 24.1 Å². The largest absolute Gasteiger partial charge is 0.417 e. The summed E-state index contributed by atoms with van der Waals surface area (Å²) in [6.45, 7) is 0. The number of nitrogens with two attached hydrogens (primary N) is 1. The average molecular weight is 360 g/mol. The van der Waals surface area contributed by atoms with Gasteiger partial charge in [-0.3, -0.25) is 0 Å². The summed E-state index contributed by atoms with van der Waals surface area (Å²) in [5, 5.41) is 0. The predicted molar refractivity (Wildman–Crippen MR) is 70.4 cm³/mol. The minimum absolute atomic E-state index is 0.0703. The van der Waals surface area contributed by atoms with Gasteiger partial charge in [0.25, 0.3) is 0 Å². The zero-order chi connectivity index (χ0) is 14.8. The highest BCUT2D eigenvalue weighted by Crippen LogP contribution is 2.36. The van der Waals surface area contributed by atoms with Gasteiger partial charge in [0.15, 0.2) is 0 Å². The van der Waals surface area contributed by atoms with Crippen LogP contribution in [0.1, 0.15) is 23.6 Å². The number of rotatable bonds is 4. The van der Waals surface area contributed by atoms with Crippen LogP contribution in [0.3, 0.4) is 0 Å². The molecule has 1 aromatic carbocycles. The van der Waals surface area contributed by atoms with Crippen LogP contribution in [0.25, 0.3) is 0 Å². The molecule has 2 N–H and O–H groups in total. The molecule has 1 unspecified atom stereocenters. The standard InChI is InChI=1S/C11H13BrF3NO2S/c1-19(17,18)5-4-10(16)7-2-3-9(12)8(6-7)11(13,14)15/h2-3,6,10H,4-5,16H2,1H3.